The summed E-state index contributed by atoms with van der Waals surface area (Å²) in [5, 5.41) is 0. The molecule has 0 heterocycles. The first-order valence-electron chi connectivity index (χ1n) is 5.55. The fourth-order valence-corrected chi connectivity index (χ4v) is 2.63. The molecule has 0 N–H and O–H groups in total. The number of halogens is 2. The highest BCUT2D eigenvalue weighted by Crippen LogP contribution is 2.64. The predicted octanol–water partition coefficient (Wildman–Crippen LogP) is 3.78. The van der Waals surface area contributed by atoms with Crippen molar-refractivity contribution in [3.8, 4) is 0 Å². The van der Waals surface area contributed by atoms with E-state index in [0.29, 0.717) is 12.5 Å². The lowest BCUT2D eigenvalue weighted by atomic mass is 9.90. The van der Waals surface area contributed by atoms with Gasteiger partial charge in [-0.2, -0.15) is 0 Å². The molecule has 0 aromatic heterocycles. The van der Waals surface area contributed by atoms with Gasteiger partial charge in [-0.25, -0.2) is 0 Å². The monoisotopic (exact) mass is 264 g/mol. The molecule has 1 fully saturated rings. The molecule has 1 rings (SSSR count). The van der Waals surface area contributed by atoms with Crippen LogP contribution in [0.1, 0.15) is 27.7 Å². The lowest BCUT2D eigenvalue weighted by Crippen LogP contribution is -2.15. The van der Waals surface area contributed by atoms with Crippen LogP contribution in [0.2, 0.25) is 0 Å². The molecule has 3 atom stereocenters. The van der Waals surface area contributed by atoms with Gasteiger partial charge in [0.15, 0.2) is 0 Å². The van der Waals surface area contributed by atoms with Crippen molar-refractivity contribution in [2.45, 2.75) is 27.7 Å². The highest BCUT2D eigenvalue weighted by atomic mass is 35.5. The van der Waals surface area contributed by atoms with E-state index in [4.69, 9.17) is 27.9 Å². The molecule has 16 heavy (non-hydrogen) atoms. The summed E-state index contributed by atoms with van der Waals surface area (Å²) in [6.07, 6.45) is 1.75. The van der Waals surface area contributed by atoms with E-state index in [1.807, 2.05) is 6.92 Å². The SMILES string of the molecule is CCOC(=O)C1C(C=C(Cl)Cl)C1(C)C(C)C. The molecule has 0 aromatic carbocycles. The van der Waals surface area contributed by atoms with Crippen LogP contribution >= 0.6 is 23.2 Å². The third-order valence-corrected chi connectivity index (χ3v) is 3.98. The Labute approximate surface area is 107 Å². The lowest BCUT2D eigenvalue weighted by molar-refractivity contribution is -0.146. The van der Waals surface area contributed by atoms with E-state index >= 15 is 0 Å². The number of esters is 1. The van der Waals surface area contributed by atoms with E-state index in [9.17, 15) is 4.79 Å². The summed E-state index contributed by atoms with van der Waals surface area (Å²) in [5.74, 6) is 0.224. The Bertz CT molecular complexity index is 308. The minimum absolute atomic E-state index is 0.0821. The van der Waals surface area contributed by atoms with Gasteiger partial charge < -0.3 is 4.74 Å². The molecule has 0 saturated heterocycles. The van der Waals surface area contributed by atoms with Crippen LogP contribution in [-0.4, -0.2) is 12.6 Å². The van der Waals surface area contributed by atoms with Crippen molar-refractivity contribution in [2.24, 2.45) is 23.2 Å². The molecule has 0 aliphatic heterocycles. The van der Waals surface area contributed by atoms with Crippen LogP contribution in [0, 0.1) is 23.2 Å². The van der Waals surface area contributed by atoms with Gasteiger partial charge in [-0.05, 0) is 30.3 Å². The van der Waals surface area contributed by atoms with Crippen molar-refractivity contribution in [1.82, 2.24) is 0 Å². The molecule has 0 bridgehead atoms. The lowest BCUT2D eigenvalue weighted by Gasteiger charge is -2.15. The molecular formula is C12H18Cl2O2. The molecule has 4 heteroatoms. The molecular weight excluding hydrogens is 247 g/mol. The quantitative estimate of drug-likeness (QED) is 0.723. The average Bonchev–Trinajstić information content (AvgIpc) is 2.72. The van der Waals surface area contributed by atoms with E-state index in [0.717, 1.165) is 0 Å². The Morgan fingerprint density at radius 3 is 2.44 bits per heavy atom. The van der Waals surface area contributed by atoms with Crippen LogP contribution < -0.4 is 0 Å². The Morgan fingerprint density at radius 2 is 2.06 bits per heavy atom. The number of rotatable bonds is 4. The Kier molecular flexibility index (Phi) is 4.30. The van der Waals surface area contributed by atoms with Crippen molar-refractivity contribution >= 4 is 29.2 Å². The van der Waals surface area contributed by atoms with Crippen LogP contribution in [-0.2, 0) is 9.53 Å². The van der Waals surface area contributed by atoms with Gasteiger partial charge >= 0.3 is 5.97 Å². The summed E-state index contributed by atoms with van der Waals surface area (Å²) in [5.41, 5.74) is -0.0821. The molecule has 0 spiro atoms. The summed E-state index contributed by atoms with van der Waals surface area (Å²) in [6.45, 7) is 8.50. The normalized spacial score (nSPS) is 32.4. The number of hydrogen-bond donors (Lipinski definition) is 0. The largest absolute Gasteiger partial charge is 0.466 e. The summed E-state index contributed by atoms with van der Waals surface area (Å²) in [7, 11) is 0. The molecule has 0 aromatic rings. The zero-order chi connectivity index (χ0) is 12.5. The number of allylic oxidation sites excluding steroid dienone is 1. The predicted molar refractivity (Wildman–Crippen MR) is 66.3 cm³/mol. The maximum Gasteiger partial charge on any atom is 0.310 e. The first-order valence-corrected chi connectivity index (χ1v) is 6.30. The van der Waals surface area contributed by atoms with E-state index in [1.54, 1.807) is 6.08 Å². The van der Waals surface area contributed by atoms with Gasteiger partial charge in [-0.3, -0.25) is 4.79 Å². The Hall–Kier alpha value is -0.210. The summed E-state index contributed by atoms with van der Waals surface area (Å²) >= 11 is 11.3. The van der Waals surface area contributed by atoms with Gasteiger partial charge in [0.25, 0.3) is 0 Å². The Balaban J connectivity index is 2.85. The van der Waals surface area contributed by atoms with Gasteiger partial charge in [0.2, 0.25) is 0 Å². The highest BCUT2D eigenvalue weighted by molar-refractivity contribution is 6.55. The van der Waals surface area contributed by atoms with Gasteiger partial charge in [0.1, 0.15) is 4.49 Å². The Morgan fingerprint density at radius 1 is 1.50 bits per heavy atom. The smallest absolute Gasteiger partial charge is 0.310 e. The maximum atomic E-state index is 11.8. The van der Waals surface area contributed by atoms with Crippen LogP contribution in [0.4, 0.5) is 0 Å². The topological polar surface area (TPSA) is 26.3 Å². The molecule has 0 amide bonds. The molecule has 3 unspecified atom stereocenters. The van der Waals surface area contributed by atoms with Crippen molar-refractivity contribution in [2.75, 3.05) is 6.61 Å². The average molecular weight is 265 g/mol. The van der Waals surface area contributed by atoms with Gasteiger partial charge in [0.05, 0.1) is 12.5 Å². The number of hydrogen-bond acceptors (Lipinski definition) is 2. The van der Waals surface area contributed by atoms with Gasteiger partial charge in [0, 0.05) is 0 Å². The van der Waals surface area contributed by atoms with Crippen LogP contribution in [0.15, 0.2) is 10.6 Å². The number of ether oxygens (including phenoxy) is 1. The minimum Gasteiger partial charge on any atom is -0.466 e. The van der Waals surface area contributed by atoms with E-state index in [-0.39, 0.29) is 27.7 Å². The molecule has 2 nitrogen and oxygen atoms in total. The van der Waals surface area contributed by atoms with E-state index < -0.39 is 0 Å². The summed E-state index contributed by atoms with van der Waals surface area (Å²) in [4.78, 5) is 11.8. The van der Waals surface area contributed by atoms with Crippen LogP contribution in [0.25, 0.3) is 0 Å². The molecule has 1 saturated carbocycles. The van der Waals surface area contributed by atoms with Gasteiger partial charge in [-0.15, -0.1) is 0 Å². The summed E-state index contributed by atoms with van der Waals surface area (Å²) in [6, 6.07) is 0. The summed E-state index contributed by atoms with van der Waals surface area (Å²) < 4.78 is 5.29. The van der Waals surface area contributed by atoms with Crippen LogP contribution in [0.5, 0.6) is 0 Å². The zero-order valence-corrected chi connectivity index (χ0v) is 11.6. The maximum absolute atomic E-state index is 11.8. The first-order chi connectivity index (χ1) is 7.35. The van der Waals surface area contributed by atoms with E-state index in [2.05, 4.69) is 20.8 Å². The fourth-order valence-electron chi connectivity index (χ4n) is 2.35. The second kappa shape index (κ2) is 4.97. The molecule has 0 radical (unpaired) electrons. The number of carbonyl (C=O) groups is 1. The molecule has 1 aliphatic rings. The zero-order valence-electron chi connectivity index (χ0n) is 10.1. The minimum atomic E-state index is -0.144. The molecule has 92 valence electrons. The van der Waals surface area contributed by atoms with Crippen molar-refractivity contribution in [3.63, 3.8) is 0 Å². The van der Waals surface area contributed by atoms with Crippen molar-refractivity contribution in [1.29, 1.82) is 0 Å². The van der Waals surface area contributed by atoms with E-state index in [1.165, 1.54) is 0 Å². The highest BCUT2D eigenvalue weighted by Gasteiger charge is 2.65. The van der Waals surface area contributed by atoms with Gasteiger partial charge in [-0.1, -0.05) is 44.0 Å². The van der Waals surface area contributed by atoms with Crippen molar-refractivity contribution < 1.29 is 9.53 Å². The van der Waals surface area contributed by atoms with Crippen molar-refractivity contribution in [3.05, 3.63) is 10.6 Å². The van der Waals surface area contributed by atoms with Crippen LogP contribution in [0.3, 0.4) is 0 Å². The first kappa shape index (κ1) is 13.9. The second-order valence-electron chi connectivity index (χ2n) is 4.73. The standard InChI is InChI=1S/C12H18Cl2O2/c1-5-16-11(15)10-8(6-9(13)14)12(10,4)7(2)3/h6-8,10H,5H2,1-4H3. The fraction of sp³-hybridized carbons (Fsp3) is 0.750. The number of carbonyl (C=O) groups excluding carboxylic acids is 1. The second-order valence-corrected chi connectivity index (χ2v) is 5.74. The third-order valence-electron chi connectivity index (χ3n) is 3.73. The third kappa shape index (κ3) is 2.38. The molecule has 1 aliphatic carbocycles.